The summed E-state index contributed by atoms with van der Waals surface area (Å²) in [5.41, 5.74) is 1.28. The molecule has 0 radical (unpaired) electrons. The van der Waals surface area contributed by atoms with Crippen LogP contribution < -0.4 is 10.1 Å². The molecule has 2 unspecified atom stereocenters. The zero-order valence-electron chi connectivity index (χ0n) is 12.5. The predicted molar refractivity (Wildman–Crippen MR) is 83.4 cm³/mol. The van der Waals surface area contributed by atoms with E-state index >= 15 is 0 Å². The van der Waals surface area contributed by atoms with Gasteiger partial charge in [-0.3, -0.25) is 0 Å². The van der Waals surface area contributed by atoms with Crippen molar-refractivity contribution in [2.75, 3.05) is 6.61 Å². The summed E-state index contributed by atoms with van der Waals surface area (Å²) in [6, 6.07) is 11.0. The number of para-hydroxylation sites is 1. The van der Waals surface area contributed by atoms with Crippen LogP contribution in [0.25, 0.3) is 0 Å². The molecule has 1 aliphatic rings. The molecule has 0 amide bonds. The van der Waals surface area contributed by atoms with Crippen LogP contribution in [0.1, 0.15) is 37.9 Å². The van der Waals surface area contributed by atoms with Gasteiger partial charge in [-0.25, -0.2) is 4.98 Å². The van der Waals surface area contributed by atoms with Crippen molar-refractivity contribution < 1.29 is 4.74 Å². The molecule has 4 heteroatoms. The zero-order valence-corrected chi connectivity index (χ0v) is 12.5. The minimum absolute atomic E-state index is 0.424. The Morgan fingerprint density at radius 3 is 2.95 bits per heavy atom. The third-order valence-electron chi connectivity index (χ3n) is 4.06. The van der Waals surface area contributed by atoms with E-state index in [4.69, 9.17) is 4.74 Å². The van der Waals surface area contributed by atoms with E-state index < -0.39 is 0 Å². The van der Waals surface area contributed by atoms with E-state index in [1.165, 1.54) is 25.0 Å². The Hall–Kier alpha value is -1.81. The lowest BCUT2D eigenvalue weighted by molar-refractivity contribution is 0.286. The average molecular weight is 285 g/mol. The summed E-state index contributed by atoms with van der Waals surface area (Å²) in [7, 11) is 0. The van der Waals surface area contributed by atoms with Crippen LogP contribution in [0.2, 0.25) is 0 Å². The van der Waals surface area contributed by atoms with Crippen LogP contribution >= 0.6 is 0 Å². The van der Waals surface area contributed by atoms with Crippen LogP contribution in [0.4, 0.5) is 0 Å². The largest absolute Gasteiger partial charge is 0.492 e. The molecule has 0 aliphatic carbocycles. The van der Waals surface area contributed by atoms with Gasteiger partial charge in [-0.1, -0.05) is 18.2 Å². The zero-order chi connectivity index (χ0) is 14.5. The fourth-order valence-electron chi connectivity index (χ4n) is 2.96. The molecule has 0 bridgehead atoms. The molecule has 3 rings (SSSR count). The molecule has 1 saturated heterocycles. The maximum absolute atomic E-state index is 5.77. The lowest BCUT2D eigenvalue weighted by Crippen LogP contribution is -2.35. The summed E-state index contributed by atoms with van der Waals surface area (Å²) in [6.07, 6.45) is 7.63. The first kappa shape index (κ1) is 14.1. The maximum atomic E-state index is 5.77. The number of hydrogen-bond acceptors (Lipinski definition) is 3. The van der Waals surface area contributed by atoms with Crippen LogP contribution in [0.5, 0.6) is 5.75 Å². The van der Waals surface area contributed by atoms with Crippen molar-refractivity contribution in [1.82, 2.24) is 14.9 Å². The van der Waals surface area contributed by atoms with Gasteiger partial charge in [0.05, 0.1) is 18.6 Å². The van der Waals surface area contributed by atoms with Gasteiger partial charge < -0.3 is 14.6 Å². The van der Waals surface area contributed by atoms with E-state index in [1.54, 1.807) is 0 Å². The Morgan fingerprint density at radius 2 is 2.14 bits per heavy atom. The second kappa shape index (κ2) is 6.76. The molecule has 1 aromatic carbocycles. The Bertz CT molecular complexity index is 552. The number of nitrogens with one attached hydrogen (secondary N) is 1. The molecule has 112 valence electrons. The summed E-state index contributed by atoms with van der Waals surface area (Å²) < 4.78 is 7.98. The fourth-order valence-corrected chi connectivity index (χ4v) is 2.96. The van der Waals surface area contributed by atoms with Crippen LogP contribution in [-0.4, -0.2) is 22.2 Å². The van der Waals surface area contributed by atoms with E-state index in [0.29, 0.717) is 18.7 Å². The van der Waals surface area contributed by atoms with Gasteiger partial charge in [0.25, 0.3) is 0 Å². The quantitative estimate of drug-likeness (QED) is 0.917. The first-order valence-corrected chi connectivity index (χ1v) is 7.77. The SMILES string of the molecule is CC1CCCC(c2cncn2CCOc2ccccc2)N1. The van der Waals surface area contributed by atoms with Crippen molar-refractivity contribution >= 4 is 0 Å². The summed E-state index contributed by atoms with van der Waals surface area (Å²) in [4.78, 5) is 4.32. The van der Waals surface area contributed by atoms with Gasteiger partial charge in [0.1, 0.15) is 12.4 Å². The standard InChI is InChI=1S/C17H23N3O/c1-14-6-5-9-16(19-14)17-12-18-13-20(17)10-11-21-15-7-3-2-4-8-15/h2-4,7-8,12-14,16,19H,5-6,9-11H2,1H3. The van der Waals surface area contributed by atoms with Gasteiger partial charge in [0.2, 0.25) is 0 Å². The highest BCUT2D eigenvalue weighted by Crippen LogP contribution is 2.25. The minimum atomic E-state index is 0.424. The van der Waals surface area contributed by atoms with Gasteiger partial charge in [-0.2, -0.15) is 0 Å². The molecule has 1 fully saturated rings. The van der Waals surface area contributed by atoms with Crippen molar-refractivity contribution in [3.05, 3.63) is 48.5 Å². The van der Waals surface area contributed by atoms with Crippen molar-refractivity contribution in [1.29, 1.82) is 0 Å². The van der Waals surface area contributed by atoms with Gasteiger partial charge in [-0.05, 0) is 38.3 Å². The second-order valence-electron chi connectivity index (χ2n) is 5.72. The monoisotopic (exact) mass is 285 g/mol. The van der Waals surface area contributed by atoms with Crippen LogP contribution in [0, 0.1) is 0 Å². The predicted octanol–water partition coefficient (Wildman–Crippen LogP) is 3.17. The Kier molecular flexibility index (Phi) is 4.55. The minimum Gasteiger partial charge on any atom is -0.492 e. The number of hydrogen-bond donors (Lipinski definition) is 1. The molecule has 1 aliphatic heterocycles. The maximum Gasteiger partial charge on any atom is 0.119 e. The normalized spacial score (nSPS) is 22.1. The van der Waals surface area contributed by atoms with Crippen molar-refractivity contribution in [3.63, 3.8) is 0 Å². The van der Waals surface area contributed by atoms with Gasteiger partial charge in [-0.15, -0.1) is 0 Å². The van der Waals surface area contributed by atoms with Crippen LogP contribution in [0.15, 0.2) is 42.9 Å². The van der Waals surface area contributed by atoms with Crippen molar-refractivity contribution in [2.45, 2.75) is 44.8 Å². The van der Waals surface area contributed by atoms with Gasteiger partial charge in [0.15, 0.2) is 0 Å². The first-order chi connectivity index (χ1) is 10.3. The van der Waals surface area contributed by atoms with E-state index in [2.05, 4.69) is 21.8 Å². The fraction of sp³-hybridized carbons (Fsp3) is 0.471. The molecule has 21 heavy (non-hydrogen) atoms. The van der Waals surface area contributed by atoms with Crippen LogP contribution in [-0.2, 0) is 6.54 Å². The Morgan fingerprint density at radius 1 is 1.29 bits per heavy atom. The number of nitrogens with zero attached hydrogens (tertiary/aromatic N) is 2. The lowest BCUT2D eigenvalue weighted by Gasteiger charge is -2.29. The molecule has 1 aromatic heterocycles. The molecule has 2 heterocycles. The number of aromatic nitrogens is 2. The summed E-state index contributed by atoms with van der Waals surface area (Å²) in [5.74, 6) is 0.920. The Balaban J connectivity index is 1.58. The number of ether oxygens (including phenoxy) is 1. The third-order valence-corrected chi connectivity index (χ3v) is 4.06. The molecular weight excluding hydrogens is 262 g/mol. The number of imidazole rings is 1. The number of benzene rings is 1. The van der Waals surface area contributed by atoms with E-state index in [9.17, 15) is 0 Å². The molecule has 1 N–H and O–H groups in total. The van der Waals surface area contributed by atoms with Crippen molar-refractivity contribution in [3.8, 4) is 5.75 Å². The highest BCUT2D eigenvalue weighted by molar-refractivity contribution is 5.20. The summed E-state index contributed by atoms with van der Waals surface area (Å²) >= 11 is 0. The molecule has 4 nitrogen and oxygen atoms in total. The molecule has 2 aromatic rings. The molecule has 0 spiro atoms. The van der Waals surface area contributed by atoms with Gasteiger partial charge >= 0.3 is 0 Å². The second-order valence-corrected chi connectivity index (χ2v) is 5.72. The molecule has 2 atom stereocenters. The van der Waals surface area contributed by atoms with Gasteiger partial charge in [0, 0.05) is 18.3 Å². The van der Waals surface area contributed by atoms with E-state index in [1.807, 2.05) is 42.9 Å². The average Bonchev–Trinajstić information content (AvgIpc) is 2.97. The number of rotatable bonds is 5. The molecule has 0 saturated carbocycles. The smallest absolute Gasteiger partial charge is 0.119 e. The highest BCUT2D eigenvalue weighted by atomic mass is 16.5. The third kappa shape index (κ3) is 3.64. The van der Waals surface area contributed by atoms with E-state index in [0.717, 1.165) is 12.3 Å². The Labute approximate surface area is 126 Å². The van der Waals surface area contributed by atoms with E-state index in [-0.39, 0.29) is 0 Å². The first-order valence-electron chi connectivity index (χ1n) is 7.77. The highest BCUT2D eigenvalue weighted by Gasteiger charge is 2.21. The topological polar surface area (TPSA) is 39.1 Å². The molecular formula is C17H23N3O. The summed E-state index contributed by atoms with van der Waals surface area (Å²) in [6.45, 7) is 3.75. The number of piperidine rings is 1. The lowest BCUT2D eigenvalue weighted by atomic mass is 9.97. The summed E-state index contributed by atoms with van der Waals surface area (Å²) in [5, 5.41) is 3.67. The van der Waals surface area contributed by atoms with Crippen LogP contribution in [0.3, 0.4) is 0 Å². The van der Waals surface area contributed by atoms with Crippen molar-refractivity contribution in [2.24, 2.45) is 0 Å².